The van der Waals surface area contributed by atoms with Gasteiger partial charge in [-0.1, -0.05) is 12.8 Å². The van der Waals surface area contributed by atoms with Crippen LogP contribution in [0, 0.1) is 17.5 Å². The molecule has 0 saturated heterocycles. The summed E-state index contributed by atoms with van der Waals surface area (Å²) in [5.41, 5.74) is -1.39. The molecule has 0 aliphatic heterocycles. The Morgan fingerprint density at radius 2 is 1.74 bits per heavy atom. The highest BCUT2D eigenvalue weighted by Crippen LogP contribution is 2.31. The first-order valence-corrected chi connectivity index (χ1v) is 6.54. The topological polar surface area (TPSA) is 29.1 Å². The highest BCUT2D eigenvalue weighted by Gasteiger charge is 2.35. The quantitative estimate of drug-likeness (QED) is 0.850. The van der Waals surface area contributed by atoms with E-state index in [0.717, 1.165) is 12.8 Å². The predicted molar refractivity (Wildman–Crippen MR) is 65.7 cm³/mol. The molecule has 19 heavy (non-hydrogen) atoms. The molecule has 0 bridgehead atoms. The predicted octanol–water partition coefficient (Wildman–Crippen LogP) is 3.39. The fourth-order valence-electron chi connectivity index (χ4n) is 2.41. The van der Waals surface area contributed by atoms with Gasteiger partial charge in [-0.2, -0.15) is 0 Å². The minimum atomic E-state index is -1.21. The molecule has 2 rings (SSSR count). The summed E-state index contributed by atoms with van der Waals surface area (Å²) in [6, 6.07) is 0.972. The SMILES string of the molecule is O=C(NC1(CCl)CCCC1)c1c(F)cc(F)cc1F. The molecule has 1 N–H and O–H groups in total. The third kappa shape index (κ3) is 2.86. The second-order valence-corrected chi connectivity index (χ2v) is 5.09. The second-order valence-electron chi connectivity index (χ2n) is 4.82. The van der Waals surface area contributed by atoms with E-state index in [1.54, 1.807) is 0 Å². The number of hydrogen-bond acceptors (Lipinski definition) is 1. The van der Waals surface area contributed by atoms with Crippen molar-refractivity contribution in [1.29, 1.82) is 0 Å². The molecule has 0 spiro atoms. The maximum atomic E-state index is 13.5. The van der Waals surface area contributed by atoms with Crippen LogP contribution in [-0.4, -0.2) is 17.3 Å². The second kappa shape index (κ2) is 5.41. The van der Waals surface area contributed by atoms with Gasteiger partial charge in [0, 0.05) is 18.0 Å². The van der Waals surface area contributed by atoms with Crippen LogP contribution in [0.15, 0.2) is 12.1 Å². The van der Waals surface area contributed by atoms with Gasteiger partial charge in [0.1, 0.15) is 23.0 Å². The van der Waals surface area contributed by atoms with Crippen molar-refractivity contribution >= 4 is 17.5 Å². The molecule has 104 valence electrons. The summed E-state index contributed by atoms with van der Waals surface area (Å²) < 4.78 is 39.8. The van der Waals surface area contributed by atoms with Gasteiger partial charge in [-0.15, -0.1) is 11.6 Å². The first kappa shape index (κ1) is 14.2. The van der Waals surface area contributed by atoms with E-state index in [1.165, 1.54) is 0 Å². The Balaban J connectivity index is 2.25. The van der Waals surface area contributed by atoms with Crippen molar-refractivity contribution in [2.45, 2.75) is 31.2 Å². The zero-order chi connectivity index (χ0) is 14.0. The number of amides is 1. The summed E-state index contributed by atoms with van der Waals surface area (Å²) in [4.78, 5) is 11.9. The van der Waals surface area contributed by atoms with Crippen LogP contribution in [0.2, 0.25) is 0 Å². The average molecular weight is 292 g/mol. The Kier molecular flexibility index (Phi) is 4.04. The van der Waals surface area contributed by atoms with Gasteiger partial charge in [0.05, 0.1) is 5.54 Å². The van der Waals surface area contributed by atoms with Gasteiger partial charge >= 0.3 is 0 Å². The Hall–Kier alpha value is -1.23. The molecule has 1 aliphatic carbocycles. The van der Waals surface area contributed by atoms with E-state index in [2.05, 4.69) is 5.32 Å². The highest BCUT2D eigenvalue weighted by atomic mass is 35.5. The van der Waals surface area contributed by atoms with Crippen LogP contribution in [0.25, 0.3) is 0 Å². The van der Waals surface area contributed by atoms with Gasteiger partial charge in [0.25, 0.3) is 5.91 Å². The summed E-state index contributed by atoms with van der Waals surface area (Å²) in [5.74, 6) is -4.18. The molecule has 0 radical (unpaired) electrons. The summed E-state index contributed by atoms with van der Waals surface area (Å²) in [5, 5.41) is 2.59. The minimum absolute atomic E-state index is 0.184. The lowest BCUT2D eigenvalue weighted by atomic mass is 9.99. The lowest BCUT2D eigenvalue weighted by Gasteiger charge is -2.28. The van der Waals surface area contributed by atoms with E-state index in [-0.39, 0.29) is 5.88 Å². The molecule has 2 nitrogen and oxygen atoms in total. The van der Waals surface area contributed by atoms with Gasteiger partial charge in [0.2, 0.25) is 0 Å². The number of carbonyl (C=O) groups excluding carboxylic acids is 1. The van der Waals surface area contributed by atoms with Gasteiger partial charge in [-0.3, -0.25) is 4.79 Å². The molecule has 6 heteroatoms. The van der Waals surface area contributed by atoms with Crippen molar-refractivity contribution in [1.82, 2.24) is 5.32 Å². The van der Waals surface area contributed by atoms with Crippen molar-refractivity contribution < 1.29 is 18.0 Å². The standard InChI is InChI=1S/C13H13ClF3NO/c14-7-13(3-1-2-4-13)18-12(19)11-9(16)5-8(15)6-10(11)17/h5-6H,1-4,7H2,(H,18,19). The van der Waals surface area contributed by atoms with Crippen LogP contribution >= 0.6 is 11.6 Å². The molecule has 1 amide bonds. The Bertz CT molecular complexity index is 478. The Labute approximate surface area is 113 Å². The normalized spacial score (nSPS) is 17.5. The van der Waals surface area contributed by atoms with Crippen molar-refractivity contribution in [3.8, 4) is 0 Å². The smallest absolute Gasteiger partial charge is 0.257 e. The summed E-state index contributed by atoms with van der Waals surface area (Å²) in [7, 11) is 0. The molecule has 0 unspecified atom stereocenters. The summed E-state index contributed by atoms with van der Waals surface area (Å²) >= 11 is 5.84. The molecule has 0 aromatic heterocycles. The van der Waals surface area contributed by atoms with Gasteiger partial charge in [0.15, 0.2) is 0 Å². The lowest BCUT2D eigenvalue weighted by Crippen LogP contribution is -2.48. The van der Waals surface area contributed by atoms with Gasteiger partial charge in [-0.25, -0.2) is 13.2 Å². The van der Waals surface area contributed by atoms with E-state index in [9.17, 15) is 18.0 Å². The van der Waals surface area contributed by atoms with Crippen molar-refractivity contribution in [2.75, 3.05) is 5.88 Å². The maximum absolute atomic E-state index is 13.5. The zero-order valence-corrected chi connectivity index (χ0v) is 10.9. The average Bonchev–Trinajstić information content (AvgIpc) is 2.76. The number of carbonyl (C=O) groups is 1. The van der Waals surface area contributed by atoms with Crippen molar-refractivity contribution in [3.05, 3.63) is 35.1 Å². The van der Waals surface area contributed by atoms with Crippen molar-refractivity contribution in [2.24, 2.45) is 0 Å². The van der Waals surface area contributed by atoms with Crippen molar-refractivity contribution in [3.63, 3.8) is 0 Å². The molecular formula is C13H13ClF3NO. The molecule has 1 aliphatic rings. The van der Waals surface area contributed by atoms with Crippen LogP contribution < -0.4 is 5.32 Å². The third-order valence-electron chi connectivity index (χ3n) is 3.43. The monoisotopic (exact) mass is 291 g/mol. The number of hydrogen-bond donors (Lipinski definition) is 1. The van der Waals surface area contributed by atoms with Crippen LogP contribution in [0.1, 0.15) is 36.0 Å². The molecule has 1 saturated carbocycles. The first-order chi connectivity index (χ1) is 8.97. The van der Waals surface area contributed by atoms with Crippen LogP contribution in [-0.2, 0) is 0 Å². The van der Waals surface area contributed by atoms with Crippen LogP contribution in [0.4, 0.5) is 13.2 Å². The fraction of sp³-hybridized carbons (Fsp3) is 0.462. The van der Waals surface area contributed by atoms with Crippen LogP contribution in [0.5, 0.6) is 0 Å². The number of alkyl halides is 1. The Morgan fingerprint density at radius 3 is 2.21 bits per heavy atom. The first-order valence-electron chi connectivity index (χ1n) is 6.00. The highest BCUT2D eigenvalue weighted by molar-refractivity contribution is 6.19. The zero-order valence-electron chi connectivity index (χ0n) is 10.1. The summed E-state index contributed by atoms with van der Waals surface area (Å²) in [6.07, 6.45) is 3.15. The molecule has 1 aromatic rings. The number of rotatable bonds is 3. The largest absolute Gasteiger partial charge is 0.345 e. The maximum Gasteiger partial charge on any atom is 0.257 e. The molecule has 1 aromatic carbocycles. The summed E-state index contributed by atoms with van der Waals surface area (Å²) in [6.45, 7) is 0. The fourth-order valence-corrected chi connectivity index (χ4v) is 2.74. The van der Waals surface area contributed by atoms with E-state index < -0.39 is 34.5 Å². The molecular weight excluding hydrogens is 279 g/mol. The Morgan fingerprint density at radius 1 is 1.21 bits per heavy atom. The van der Waals surface area contributed by atoms with E-state index >= 15 is 0 Å². The van der Waals surface area contributed by atoms with E-state index in [0.29, 0.717) is 25.0 Å². The third-order valence-corrected chi connectivity index (χ3v) is 3.94. The molecule has 0 atom stereocenters. The number of benzene rings is 1. The minimum Gasteiger partial charge on any atom is -0.345 e. The van der Waals surface area contributed by atoms with Gasteiger partial charge in [-0.05, 0) is 12.8 Å². The van der Waals surface area contributed by atoms with Crippen LogP contribution in [0.3, 0.4) is 0 Å². The van der Waals surface area contributed by atoms with E-state index in [1.807, 2.05) is 0 Å². The number of halogens is 4. The lowest BCUT2D eigenvalue weighted by molar-refractivity contribution is 0.0900. The van der Waals surface area contributed by atoms with Gasteiger partial charge < -0.3 is 5.32 Å². The molecule has 0 heterocycles. The van der Waals surface area contributed by atoms with E-state index in [4.69, 9.17) is 11.6 Å². The molecule has 1 fully saturated rings. The number of nitrogens with one attached hydrogen (secondary N) is 1.